The molecule has 0 aliphatic carbocycles. The average Bonchev–Trinajstić information content (AvgIpc) is 3.10. The second-order valence-corrected chi connectivity index (χ2v) is 7.13. The van der Waals surface area contributed by atoms with E-state index in [1.807, 2.05) is 0 Å². The molecule has 8 nitrogen and oxygen atoms in total. The second-order valence-electron chi connectivity index (χ2n) is 6.69. The molecule has 0 aromatic heterocycles. The van der Waals surface area contributed by atoms with E-state index in [9.17, 15) is 14.4 Å². The number of ether oxygens (including phenoxy) is 1. The molecule has 2 fully saturated rings. The molecule has 2 aliphatic heterocycles. The zero-order valence-electron chi connectivity index (χ0n) is 15.2. The Morgan fingerprint density at radius 2 is 1.96 bits per heavy atom. The van der Waals surface area contributed by atoms with Crippen LogP contribution >= 0.6 is 11.6 Å². The summed E-state index contributed by atoms with van der Waals surface area (Å²) < 4.78 is 5.72. The summed E-state index contributed by atoms with van der Waals surface area (Å²) in [6.45, 7) is 1.80. The molecule has 1 aromatic carbocycles. The van der Waals surface area contributed by atoms with E-state index in [-0.39, 0.29) is 24.3 Å². The summed E-state index contributed by atoms with van der Waals surface area (Å²) in [5, 5.41) is 8.88. The SMILES string of the molecule is CNC(C)C(=O)N[C@H]1CO[C@H]2CCC(C(=O)Nc3ccc(Cl)cc3)N2C1=O. The monoisotopic (exact) mass is 394 g/mol. The Balaban J connectivity index is 1.68. The summed E-state index contributed by atoms with van der Waals surface area (Å²) in [6.07, 6.45) is 0.648. The van der Waals surface area contributed by atoms with Gasteiger partial charge >= 0.3 is 0 Å². The summed E-state index contributed by atoms with van der Waals surface area (Å²) in [7, 11) is 1.66. The Morgan fingerprint density at radius 1 is 1.26 bits per heavy atom. The number of carbonyl (C=O) groups is 3. The molecule has 1 aromatic rings. The van der Waals surface area contributed by atoms with E-state index in [2.05, 4.69) is 16.0 Å². The van der Waals surface area contributed by atoms with Crippen LogP contribution in [0.1, 0.15) is 19.8 Å². The van der Waals surface area contributed by atoms with Gasteiger partial charge in [0.05, 0.1) is 12.6 Å². The van der Waals surface area contributed by atoms with Gasteiger partial charge in [-0.1, -0.05) is 11.6 Å². The van der Waals surface area contributed by atoms with Crippen molar-refractivity contribution >= 4 is 35.0 Å². The van der Waals surface area contributed by atoms with E-state index in [0.29, 0.717) is 23.6 Å². The molecule has 2 heterocycles. The van der Waals surface area contributed by atoms with E-state index in [4.69, 9.17) is 16.3 Å². The fourth-order valence-corrected chi connectivity index (χ4v) is 3.37. The van der Waals surface area contributed by atoms with Crippen molar-refractivity contribution in [1.82, 2.24) is 15.5 Å². The highest BCUT2D eigenvalue weighted by atomic mass is 35.5. The number of anilines is 1. The van der Waals surface area contributed by atoms with Gasteiger partial charge in [0, 0.05) is 10.7 Å². The molecule has 2 unspecified atom stereocenters. The summed E-state index contributed by atoms with van der Waals surface area (Å²) >= 11 is 5.85. The van der Waals surface area contributed by atoms with Crippen LogP contribution in [-0.4, -0.2) is 60.6 Å². The molecule has 2 saturated heterocycles. The Labute approximate surface area is 162 Å². The smallest absolute Gasteiger partial charge is 0.250 e. The van der Waals surface area contributed by atoms with Gasteiger partial charge in [-0.2, -0.15) is 0 Å². The minimum absolute atomic E-state index is 0.105. The number of amides is 3. The third kappa shape index (κ3) is 4.23. The van der Waals surface area contributed by atoms with E-state index >= 15 is 0 Å². The van der Waals surface area contributed by atoms with Crippen LogP contribution in [0.5, 0.6) is 0 Å². The standard InChI is InChI=1S/C18H23ClN4O4/c1-10(20-2)16(24)22-13-9-27-15-8-7-14(23(15)18(13)26)17(25)21-12-5-3-11(19)4-6-12/h3-6,10,13-15,20H,7-9H2,1-2H3,(H,21,25)(H,22,24)/t10?,13-,14?,15-/m0/s1. The number of halogens is 1. The highest BCUT2D eigenvalue weighted by Gasteiger charge is 2.47. The minimum Gasteiger partial charge on any atom is -0.356 e. The van der Waals surface area contributed by atoms with Crippen molar-refractivity contribution in [2.75, 3.05) is 19.0 Å². The lowest BCUT2D eigenvalue weighted by Crippen LogP contribution is -2.62. The molecule has 3 amide bonds. The number of nitrogens with zero attached hydrogens (tertiary/aromatic N) is 1. The van der Waals surface area contributed by atoms with Crippen molar-refractivity contribution < 1.29 is 19.1 Å². The van der Waals surface area contributed by atoms with Crippen molar-refractivity contribution in [3.8, 4) is 0 Å². The first kappa shape index (κ1) is 19.6. The van der Waals surface area contributed by atoms with Gasteiger partial charge in [-0.25, -0.2) is 0 Å². The van der Waals surface area contributed by atoms with Crippen molar-refractivity contribution in [2.45, 2.75) is 44.1 Å². The summed E-state index contributed by atoms with van der Waals surface area (Å²) in [5.41, 5.74) is 0.603. The van der Waals surface area contributed by atoms with Gasteiger partial charge in [-0.3, -0.25) is 14.4 Å². The van der Waals surface area contributed by atoms with E-state index in [1.54, 1.807) is 38.2 Å². The normalized spacial score (nSPS) is 25.7. The van der Waals surface area contributed by atoms with Crippen LogP contribution in [0.25, 0.3) is 0 Å². The molecule has 27 heavy (non-hydrogen) atoms. The molecule has 0 saturated carbocycles. The summed E-state index contributed by atoms with van der Waals surface area (Å²) in [6, 6.07) is 4.88. The number of rotatable bonds is 5. The lowest BCUT2D eigenvalue weighted by molar-refractivity contribution is -0.166. The molecule has 0 bridgehead atoms. The molecule has 4 atom stereocenters. The van der Waals surface area contributed by atoms with Crippen molar-refractivity contribution in [3.63, 3.8) is 0 Å². The van der Waals surface area contributed by atoms with Crippen molar-refractivity contribution in [3.05, 3.63) is 29.3 Å². The van der Waals surface area contributed by atoms with Gasteiger partial charge in [-0.15, -0.1) is 0 Å². The first-order valence-corrected chi connectivity index (χ1v) is 9.26. The number of hydrogen-bond acceptors (Lipinski definition) is 5. The fourth-order valence-electron chi connectivity index (χ4n) is 3.24. The third-order valence-electron chi connectivity index (χ3n) is 4.90. The number of benzene rings is 1. The molecular weight excluding hydrogens is 372 g/mol. The van der Waals surface area contributed by atoms with Crippen LogP contribution in [0.15, 0.2) is 24.3 Å². The van der Waals surface area contributed by atoms with Crippen LogP contribution in [0.3, 0.4) is 0 Å². The Kier molecular flexibility index (Phi) is 5.98. The van der Waals surface area contributed by atoms with E-state index < -0.39 is 24.4 Å². The number of carbonyl (C=O) groups excluding carboxylic acids is 3. The minimum atomic E-state index is -0.798. The fraction of sp³-hybridized carbons (Fsp3) is 0.500. The van der Waals surface area contributed by atoms with Gasteiger partial charge in [0.2, 0.25) is 17.7 Å². The van der Waals surface area contributed by atoms with Gasteiger partial charge in [-0.05, 0) is 51.1 Å². The molecule has 3 rings (SSSR count). The highest BCUT2D eigenvalue weighted by Crippen LogP contribution is 2.30. The quantitative estimate of drug-likeness (QED) is 0.683. The Hall–Kier alpha value is -2.16. The van der Waals surface area contributed by atoms with E-state index in [1.165, 1.54) is 4.90 Å². The lowest BCUT2D eigenvalue weighted by Gasteiger charge is -2.37. The highest BCUT2D eigenvalue weighted by molar-refractivity contribution is 6.30. The van der Waals surface area contributed by atoms with Gasteiger partial charge < -0.3 is 25.6 Å². The molecule has 0 radical (unpaired) electrons. The number of hydrogen-bond donors (Lipinski definition) is 3. The second kappa shape index (κ2) is 8.24. The van der Waals surface area contributed by atoms with Gasteiger partial charge in [0.15, 0.2) is 0 Å². The average molecular weight is 395 g/mol. The van der Waals surface area contributed by atoms with Crippen molar-refractivity contribution in [2.24, 2.45) is 0 Å². The first-order valence-electron chi connectivity index (χ1n) is 8.88. The first-order chi connectivity index (χ1) is 12.9. The van der Waals surface area contributed by atoms with Crippen LogP contribution in [-0.2, 0) is 19.1 Å². The lowest BCUT2D eigenvalue weighted by atomic mass is 10.1. The van der Waals surface area contributed by atoms with E-state index in [0.717, 1.165) is 0 Å². The molecule has 0 spiro atoms. The molecular formula is C18H23ClN4O4. The molecule has 3 N–H and O–H groups in total. The van der Waals surface area contributed by atoms with Gasteiger partial charge in [0.1, 0.15) is 18.3 Å². The molecule has 146 valence electrons. The molecule has 2 aliphatic rings. The maximum atomic E-state index is 12.9. The Bertz CT molecular complexity index is 727. The zero-order valence-corrected chi connectivity index (χ0v) is 16.0. The third-order valence-corrected chi connectivity index (χ3v) is 5.15. The van der Waals surface area contributed by atoms with Crippen LogP contribution in [0, 0.1) is 0 Å². The predicted octanol–water partition coefficient (Wildman–Crippen LogP) is 0.718. The molecule has 9 heteroatoms. The van der Waals surface area contributed by atoms with Crippen LogP contribution in [0.2, 0.25) is 5.02 Å². The van der Waals surface area contributed by atoms with Crippen molar-refractivity contribution in [1.29, 1.82) is 0 Å². The topological polar surface area (TPSA) is 99.8 Å². The number of likely N-dealkylation sites (N-methyl/N-ethyl adjacent to an activating group) is 1. The maximum absolute atomic E-state index is 12.9. The Morgan fingerprint density at radius 3 is 2.63 bits per heavy atom. The summed E-state index contributed by atoms with van der Waals surface area (Å²) in [4.78, 5) is 39.1. The summed E-state index contributed by atoms with van der Waals surface area (Å²) in [5.74, 6) is -0.872. The largest absolute Gasteiger partial charge is 0.356 e. The number of fused-ring (bicyclic) bond motifs is 1. The maximum Gasteiger partial charge on any atom is 0.250 e. The predicted molar refractivity (Wildman–Crippen MR) is 100 cm³/mol. The van der Waals surface area contributed by atoms with Crippen LogP contribution < -0.4 is 16.0 Å². The van der Waals surface area contributed by atoms with Gasteiger partial charge in [0.25, 0.3) is 0 Å². The van der Waals surface area contributed by atoms with Crippen LogP contribution in [0.4, 0.5) is 5.69 Å². The number of nitrogens with one attached hydrogen (secondary N) is 3. The zero-order chi connectivity index (χ0) is 19.6.